The molecule has 1 fully saturated rings. The van der Waals surface area contributed by atoms with Crippen LogP contribution in [0.5, 0.6) is 0 Å². The number of fused-ring (bicyclic) bond motifs is 3. The molecular formula is C20H32ClN. The number of rotatable bonds is 2. The molecule has 2 aliphatic rings. The van der Waals surface area contributed by atoms with Gasteiger partial charge in [0.25, 0.3) is 0 Å². The molecule has 1 nitrogen and oxygen atoms in total. The summed E-state index contributed by atoms with van der Waals surface area (Å²) in [6, 6.07) is 7.29. The molecule has 0 spiro atoms. The van der Waals surface area contributed by atoms with Crippen molar-refractivity contribution in [3.8, 4) is 0 Å². The molecular weight excluding hydrogens is 290 g/mol. The largest absolute Gasteiger partial charge is 0.330 e. The van der Waals surface area contributed by atoms with Crippen LogP contribution < -0.4 is 5.73 Å². The third-order valence-corrected chi connectivity index (χ3v) is 6.63. The molecule has 0 amide bonds. The molecule has 0 aromatic heterocycles. The van der Waals surface area contributed by atoms with E-state index in [0.717, 1.165) is 12.5 Å². The highest BCUT2D eigenvalue weighted by atomic mass is 35.5. The Balaban J connectivity index is 0.00000176. The molecule has 0 aliphatic heterocycles. The van der Waals surface area contributed by atoms with Gasteiger partial charge >= 0.3 is 0 Å². The van der Waals surface area contributed by atoms with Crippen molar-refractivity contribution in [1.29, 1.82) is 0 Å². The van der Waals surface area contributed by atoms with Crippen molar-refractivity contribution in [2.45, 2.75) is 71.1 Å². The molecule has 3 rings (SSSR count). The number of nitrogens with two attached hydrogens (primary N) is 1. The van der Waals surface area contributed by atoms with Crippen LogP contribution >= 0.6 is 12.4 Å². The zero-order valence-corrected chi connectivity index (χ0v) is 15.4. The van der Waals surface area contributed by atoms with E-state index in [0.29, 0.717) is 16.7 Å². The number of hydrogen-bond acceptors (Lipinski definition) is 1. The lowest BCUT2D eigenvalue weighted by Gasteiger charge is -2.55. The van der Waals surface area contributed by atoms with E-state index in [9.17, 15) is 0 Å². The standard InChI is InChI=1S/C20H31N.ClH/c1-14(2)15-6-8-17-16(12-15)7-9-18-19(3,13-21)10-5-11-20(17,18)4;/h6,8,12,14,18H,5,7,9-11,13,21H2,1-4H3;1H/t18-,19?,20+;/m0./s1. The van der Waals surface area contributed by atoms with Crippen LogP contribution in [0.25, 0.3) is 0 Å². The SMILES string of the molecule is CC(C)c1ccc2c(c1)CC[C@H]1C(C)(CN)CCC[C@]21C.Cl. The summed E-state index contributed by atoms with van der Waals surface area (Å²) in [5.74, 6) is 1.38. The second-order valence-corrected chi connectivity index (χ2v) is 8.29. The zero-order chi connectivity index (χ0) is 15.3. The molecule has 1 aromatic carbocycles. The van der Waals surface area contributed by atoms with Crippen molar-refractivity contribution in [3.05, 3.63) is 34.9 Å². The maximum atomic E-state index is 6.19. The van der Waals surface area contributed by atoms with Crippen molar-refractivity contribution in [2.24, 2.45) is 17.1 Å². The average Bonchev–Trinajstić information content (AvgIpc) is 2.46. The normalized spacial score (nSPS) is 33.8. The van der Waals surface area contributed by atoms with Crippen LogP contribution in [0.3, 0.4) is 0 Å². The smallest absolute Gasteiger partial charge is 0.00202 e. The summed E-state index contributed by atoms with van der Waals surface area (Å²) in [6.45, 7) is 10.4. The summed E-state index contributed by atoms with van der Waals surface area (Å²) in [6.07, 6.45) is 6.53. The maximum Gasteiger partial charge on any atom is -0.00202 e. The minimum absolute atomic E-state index is 0. The van der Waals surface area contributed by atoms with Gasteiger partial charge in [-0.15, -0.1) is 12.4 Å². The predicted octanol–water partition coefficient (Wildman–Crippen LogP) is 5.20. The van der Waals surface area contributed by atoms with E-state index in [1.165, 1.54) is 37.7 Å². The number of hydrogen-bond donors (Lipinski definition) is 1. The molecule has 3 atom stereocenters. The Labute approximate surface area is 142 Å². The Morgan fingerprint density at radius 1 is 1.23 bits per heavy atom. The van der Waals surface area contributed by atoms with E-state index in [-0.39, 0.29) is 12.4 Å². The fraction of sp³-hybridized carbons (Fsp3) is 0.700. The molecule has 2 heteroatoms. The fourth-order valence-electron chi connectivity index (χ4n) is 5.25. The van der Waals surface area contributed by atoms with Gasteiger partial charge in [-0.1, -0.05) is 52.3 Å². The van der Waals surface area contributed by atoms with E-state index >= 15 is 0 Å². The van der Waals surface area contributed by atoms with Crippen LogP contribution in [-0.4, -0.2) is 6.54 Å². The topological polar surface area (TPSA) is 26.0 Å². The van der Waals surface area contributed by atoms with E-state index in [4.69, 9.17) is 5.73 Å². The molecule has 2 N–H and O–H groups in total. The number of aryl methyl sites for hydroxylation is 1. The summed E-state index contributed by atoms with van der Waals surface area (Å²) in [5.41, 5.74) is 11.6. The van der Waals surface area contributed by atoms with Crippen molar-refractivity contribution in [1.82, 2.24) is 0 Å². The summed E-state index contributed by atoms with van der Waals surface area (Å²) in [5, 5.41) is 0. The summed E-state index contributed by atoms with van der Waals surface area (Å²) in [7, 11) is 0. The lowest BCUT2D eigenvalue weighted by Crippen LogP contribution is -2.51. The highest BCUT2D eigenvalue weighted by molar-refractivity contribution is 5.85. The van der Waals surface area contributed by atoms with Crippen molar-refractivity contribution in [2.75, 3.05) is 6.54 Å². The third kappa shape index (κ3) is 2.61. The molecule has 0 saturated heterocycles. The molecule has 0 heterocycles. The van der Waals surface area contributed by atoms with Gasteiger partial charge in [0.1, 0.15) is 0 Å². The van der Waals surface area contributed by atoms with Crippen LogP contribution in [-0.2, 0) is 11.8 Å². The molecule has 0 radical (unpaired) electrons. The Hall–Kier alpha value is -0.530. The monoisotopic (exact) mass is 321 g/mol. The van der Waals surface area contributed by atoms with Crippen LogP contribution in [0.15, 0.2) is 18.2 Å². The highest BCUT2D eigenvalue weighted by Gasteiger charge is 2.50. The second-order valence-electron chi connectivity index (χ2n) is 8.29. The highest BCUT2D eigenvalue weighted by Crippen LogP contribution is 2.56. The van der Waals surface area contributed by atoms with Gasteiger partial charge in [0.15, 0.2) is 0 Å². The van der Waals surface area contributed by atoms with Crippen molar-refractivity contribution >= 4 is 12.4 Å². The van der Waals surface area contributed by atoms with Crippen LogP contribution in [0, 0.1) is 11.3 Å². The van der Waals surface area contributed by atoms with Gasteiger partial charge in [0.05, 0.1) is 0 Å². The fourth-order valence-corrected chi connectivity index (χ4v) is 5.25. The van der Waals surface area contributed by atoms with Gasteiger partial charge in [0, 0.05) is 0 Å². The second kappa shape index (κ2) is 6.17. The number of halogens is 1. The predicted molar refractivity (Wildman–Crippen MR) is 98.0 cm³/mol. The van der Waals surface area contributed by atoms with Gasteiger partial charge in [-0.2, -0.15) is 0 Å². The molecule has 124 valence electrons. The van der Waals surface area contributed by atoms with Gasteiger partial charge in [-0.25, -0.2) is 0 Å². The molecule has 1 aromatic rings. The Morgan fingerprint density at radius 2 is 1.95 bits per heavy atom. The van der Waals surface area contributed by atoms with Crippen LogP contribution in [0.1, 0.15) is 76.0 Å². The van der Waals surface area contributed by atoms with Crippen molar-refractivity contribution < 1.29 is 0 Å². The molecule has 1 saturated carbocycles. The number of benzene rings is 1. The van der Waals surface area contributed by atoms with E-state index < -0.39 is 0 Å². The first-order valence-electron chi connectivity index (χ1n) is 8.74. The Bertz CT molecular complexity index is 539. The molecule has 0 bridgehead atoms. The Morgan fingerprint density at radius 3 is 2.59 bits per heavy atom. The van der Waals surface area contributed by atoms with Gasteiger partial charge < -0.3 is 5.73 Å². The molecule has 1 unspecified atom stereocenters. The van der Waals surface area contributed by atoms with Crippen molar-refractivity contribution in [3.63, 3.8) is 0 Å². The van der Waals surface area contributed by atoms with Gasteiger partial charge in [-0.05, 0) is 71.6 Å². The lowest BCUT2D eigenvalue weighted by molar-refractivity contribution is 0.0326. The summed E-state index contributed by atoms with van der Waals surface area (Å²) in [4.78, 5) is 0. The van der Waals surface area contributed by atoms with Gasteiger partial charge in [-0.3, -0.25) is 0 Å². The molecule has 22 heavy (non-hydrogen) atoms. The average molecular weight is 322 g/mol. The maximum absolute atomic E-state index is 6.19. The zero-order valence-electron chi connectivity index (χ0n) is 14.6. The molecule has 2 aliphatic carbocycles. The van der Waals surface area contributed by atoms with E-state index in [1.807, 2.05) is 0 Å². The van der Waals surface area contributed by atoms with E-state index in [1.54, 1.807) is 11.1 Å². The Kier molecular flexibility index (Phi) is 5.00. The lowest BCUT2D eigenvalue weighted by atomic mass is 9.50. The van der Waals surface area contributed by atoms with Crippen LogP contribution in [0.2, 0.25) is 0 Å². The quantitative estimate of drug-likeness (QED) is 0.796. The first-order valence-corrected chi connectivity index (χ1v) is 8.74. The third-order valence-electron chi connectivity index (χ3n) is 6.63. The minimum Gasteiger partial charge on any atom is -0.330 e. The van der Waals surface area contributed by atoms with Gasteiger partial charge in [0.2, 0.25) is 0 Å². The van der Waals surface area contributed by atoms with E-state index in [2.05, 4.69) is 45.9 Å². The van der Waals surface area contributed by atoms with Crippen LogP contribution in [0.4, 0.5) is 0 Å². The summed E-state index contributed by atoms with van der Waals surface area (Å²) < 4.78 is 0. The first kappa shape index (κ1) is 17.8. The first-order chi connectivity index (χ1) is 9.90. The summed E-state index contributed by atoms with van der Waals surface area (Å²) >= 11 is 0. The minimum atomic E-state index is 0.